The van der Waals surface area contributed by atoms with Gasteiger partial charge in [-0.2, -0.15) is 8.78 Å². The number of alkyl halides is 3. The summed E-state index contributed by atoms with van der Waals surface area (Å²) in [5, 5.41) is 0. The van der Waals surface area contributed by atoms with Crippen LogP contribution in [-0.2, 0) is 6.42 Å². The van der Waals surface area contributed by atoms with Gasteiger partial charge in [-0.15, -0.1) is 11.6 Å². The van der Waals surface area contributed by atoms with E-state index in [-0.39, 0.29) is 5.75 Å². The first-order chi connectivity index (χ1) is 7.13. The van der Waals surface area contributed by atoms with Gasteiger partial charge in [0.2, 0.25) is 0 Å². The van der Waals surface area contributed by atoms with Gasteiger partial charge < -0.3 is 4.74 Å². The van der Waals surface area contributed by atoms with E-state index in [0.29, 0.717) is 5.88 Å². The first kappa shape index (κ1) is 13.0. The fourth-order valence-corrected chi connectivity index (χ4v) is 1.91. The third-order valence-corrected chi connectivity index (χ3v) is 3.14. The second-order valence-electron chi connectivity index (χ2n) is 2.92. The largest absolute Gasteiger partial charge is 0.435 e. The fourth-order valence-electron chi connectivity index (χ4n) is 1.18. The lowest BCUT2D eigenvalue weighted by atomic mass is 10.1. The molecular weight excluding hydrogens is 336 g/mol. The summed E-state index contributed by atoms with van der Waals surface area (Å²) in [6, 6.07) is 4.94. The molecule has 0 aliphatic rings. The molecule has 0 atom stereocenters. The highest BCUT2D eigenvalue weighted by atomic mass is 127. The molecule has 84 valence electrons. The van der Waals surface area contributed by atoms with Crippen molar-refractivity contribution >= 4 is 34.2 Å². The predicted octanol–water partition coefficient (Wildman–Crippen LogP) is 4.06. The number of benzene rings is 1. The van der Waals surface area contributed by atoms with Crippen LogP contribution in [-0.4, -0.2) is 12.5 Å². The van der Waals surface area contributed by atoms with Crippen molar-refractivity contribution < 1.29 is 13.5 Å². The van der Waals surface area contributed by atoms with Crippen LogP contribution in [0.2, 0.25) is 0 Å². The van der Waals surface area contributed by atoms with Crippen LogP contribution in [0.5, 0.6) is 5.75 Å². The summed E-state index contributed by atoms with van der Waals surface area (Å²) in [6.45, 7) is -2.77. The zero-order chi connectivity index (χ0) is 11.3. The van der Waals surface area contributed by atoms with E-state index in [0.717, 1.165) is 22.0 Å². The van der Waals surface area contributed by atoms with Gasteiger partial charge >= 0.3 is 6.61 Å². The Morgan fingerprint density at radius 1 is 1.40 bits per heavy atom. The van der Waals surface area contributed by atoms with E-state index in [4.69, 9.17) is 11.6 Å². The normalized spacial score (nSPS) is 10.7. The van der Waals surface area contributed by atoms with E-state index in [2.05, 4.69) is 27.3 Å². The van der Waals surface area contributed by atoms with Gasteiger partial charge in [-0.05, 0) is 59.2 Å². The molecule has 1 nitrogen and oxygen atoms in total. The van der Waals surface area contributed by atoms with Crippen LogP contribution in [0.3, 0.4) is 0 Å². The maximum absolute atomic E-state index is 12.0. The van der Waals surface area contributed by atoms with E-state index in [1.165, 1.54) is 6.07 Å². The van der Waals surface area contributed by atoms with E-state index >= 15 is 0 Å². The predicted molar refractivity (Wildman–Crippen MR) is 64.8 cm³/mol. The number of aryl methyl sites for hydroxylation is 1. The van der Waals surface area contributed by atoms with E-state index in [1.807, 2.05) is 0 Å². The minimum absolute atomic E-state index is 0.204. The molecule has 0 aliphatic heterocycles. The number of hydrogen-bond acceptors (Lipinski definition) is 1. The van der Waals surface area contributed by atoms with Gasteiger partial charge in [0.15, 0.2) is 0 Å². The van der Waals surface area contributed by atoms with Gasteiger partial charge in [-0.1, -0.05) is 0 Å². The van der Waals surface area contributed by atoms with E-state index in [9.17, 15) is 8.78 Å². The standard InChI is InChI=1S/C10H10ClF2IO/c11-5-1-2-7-6-8(15-10(12)13)3-4-9(7)14/h3-4,6,10H,1-2,5H2. The Hall–Kier alpha value is -0.100. The lowest BCUT2D eigenvalue weighted by Crippen LogP contribution is -2.02. The molecule has 0 heterocycles. The van der Waals surface area contributed by atoms with Crippen LogP contribution in [0, 0.1) is 3.57 Å². The minimum Gasteiger partial charge on any atom is -0.435 e. The van der Waals surface area contributed by atoms with Crippen LogP contribution >= 0.6 is 34.2 Å². The Labute approximate surface area is 106 Å². The molecule has 0 saturated heterocycles. The Morgan fingerprint density at radius 2 is 2.13 bits per heavy atom. The minimum atomic E-state index is -2.77. The number of halogens is 4. The quantitative estimate of drug-likeness (QED) is 0.577. The van der Waals surface area contributed by atoms with Crippen molar-refractivity contribution in [3.63, 3.8) is 0 Å². The van der Waals surface area contributed by atoms with Crippen LogP contribution in [0.25, 0.3) is 0 Å². The maximum atomic E-state index is 12.0. The van der Waals surface area contributed by atoms with Gasteiger partial charge in [0.05, 0.1) is 0 Å². The molecular formula is C10H10ClF2IO. The van der Waals surface area contributed by atoms with Crippen molar-refractivity contribution in [1.29, 1.82) is 0 Å². The van der Waals surface area contributed by atoms with Crippen molar-refractivity contribution in [3.8, 4) is 5.75 Å². The van der Waals surface area contributed by atoms with Crippen molar-refractivity contribution in [2.75, 3.05) is 5.88 Å². The molecule has 0 bridgehead atoms. The molecule has 0 spiro atoms. The van der Waals surface area contributed by atoms with E-state index in [1.54, 1.807) is 12.1 Å². The SMILES string of the molecule is FC(F)Oc1ccc(I)c(CCCCl)c1. The zero-order valence-electron chi connectivity index (χ0n) is 7.85. The third-order valence-electron chi connectivity index (χ3n) is 1.82. The molecule has 5 heteroatoms. The highest BCUT2D eigenvalue weighted by Crippen LogP contribution is 2.22. The number of rotatable bonds is 5. The van der Waals surface area contributed by atoms with Crippen molar-refractivity contribution in [1.82, 2.24) is 0 Å². The third kappa shape index (κ3) is 4.51. The molecule has 1 aromatic carbocycles. The van der Waals surface area contributed by atoms with Crippen molar-refractivity contribution in [2.45, 2.75) is 19.5 Å². The lowest BCUT2D eigenvalue weighted by Gasteiger charge is -2.08. The molecule has 15 heavy (non-hydrogen) atoms. The molecule has 0 unspecified atom stereocenters. The van der Waals surface area contributed by atoms with Crippen LogP contribution in [0.15, 0.2) is 18.2 Å². The average molecular weight is 347 g/mol. The Bertz CT molecular complexity index is 320. The molecule has 0 radical (unpaired) electrons. The highest BCUT2D eigenvalue weighted by Gasteiger charge is 2.06. The maximum Gasteiger partial charge on any atom is 0.387 e. The van der Waals surface area contributed by atoms with Crippen molar-refractivity contribution in [2.24, 2.45) is 0 Å². The summed E-state index contributed by atoms with van der Waals surface area (Å²) in [7, 11) is 0. The summed E-state index contributed by atoms with van der Waals surface area (Å²) in [5.74, 6) is 0.769. The summed E-state index contributed by atoms with van der Waals surface area (Å²) >= 11 is 7.74. The van der Waals surface area contributed by atoms with Gasteiger partial charge in [0.1, 0.15) is 5.75 Å². The average Bonchev–Trinajstić information content (AvgIpc) is 2.18. The van der Waals surface area contributed by atoms with Gasteiger partial charge in [-0.3, -0.25) is 0 Å². The summed E-state index contributed by atoms with van der Waals surface area (Å²) < 4.78 is 29.3. The highest BCUT2D eigenvalue weighted by molar-refractivity contribution is 14.1. The summed E-state index contributed by atoms with van der Waals surface area (Å²) in [4.78, 5) is 0. The first-order valence-corrected chi connectivity index (χ1v) is 6.04. The second kappa shape index (κ2) is 6.48. The summed E-state index contributed by atoms with van der Waals surface area (Å²) in [6.07, 6.45) is 1.61. The lowest BCUT2D eigenvalue weighted by molar-refractivity contribution is -0.0498. The van der Waals surface area contributed by atoms with E-state index < -0.39 is 6.61 Å². The molecule has 0 aliphatic carbocycles. The molecule has 1 aromatic rings. The fraction of sp³-hybridized carbons (Fsp3) is 0.400. The van der Waals surface area contributed by atoms with Crippen molar-refractivity contribution in [3.05, 3.63) is 27.3 Å². The Morgan fingerprint density at radius 3 is 2.73 bits per heavy atom. The Kier molecular flexibility index (Phi) is 5.60. The van der Waals surface area contributed by atoms with Crippen LogP contribution in [0.1, 0.15) is 12.0 Å². The molecule has 0 aromatic heterocycles. The van der Waals surface area contributed by atoms with Gasteiger partial charge in [0.25, 0.3) is 0 Å². The molecule has 1 rings (SSSR count). The molecule has 0 N–H and O–H groups in total. The molecule has 0 fully saturated rings. The topological polar surface area (TPSA) is 9.23 Å². The van der Waals surface area contributed by atoms with Crippen LogP contribution < -0.4 is 4.74 Å². The van der Waals surface area contributed by atoms with Gasteiger partial charge in [-0.25, -0.2) is 0 Å². The monoisotopic (exact) mass is 346 g/mol. The van der Waals surface area contributed by atoms with Gasteiger partial charge in [0, 0.05) is 9.45 Å². The molecule has 0 saturated carbocycles. The number of ether oxygens (including phenoxy) is 1. The zero-order valence-corrected chi connectivity index (χ0v) is 10.8. The first-order valence-electron chi connectivity index (χ1n) is 4.42. The second-order valence-corrected chi connectivity index (χ2v) is 4.46. The Balaban J connectivity index is 2.75. The summed E-state index contributed by atoms with van der Waals surface area (Å²) in [5.41, 5.74) is 0.995. The van der Waals surface area contributed by atoms with Crippen LogP contribution in [0.4, 0.5) is 8.78 Å². The smallest absolute Gasteiger partial charge is 0.387 e. The molecule has 0 amide bonds. The number of hydrogen-bond donors (Lipinski definition) is 0.